The Morgan fingerprint density at radius 3 is 2.47 bits per heavy atom. The van der Waals surface area contributed by atoms with Crippen molar-refractivity contribution < 1.29 is 18.4 Å². The lowest BCUT2D eigenvalue weighted by Crippen LogP contribution is -1.94. The minimum absolute atomic E-state index is 0.251. The van der Waals surface area contributed by atoms with Crippen LogP contribution >= 0.6 is 20.1 Å². The monoisotopic (exact) mass is 307 g/mol. The van der Waals surface area contributed by atoms with Gasteiger partial charge < -0.3 is 9.05 Å². The van der Waals surface area contributed by atoms with Crippen LogP contribution in [0.4, 0.5) is 10.1 Å². The van der Waals surface area contributed by atoms with E-state index in [1.54, 1.807) is 0 Å². The van der Waals surface area contributed by atoms with E-state index in [1.165, 1.54) is 23.9 Å². The Labute approximate surface area is 116 Å². The number of hydrogen-bond donors (Lipinski definition) is 0. The van der Waals surface area contributed by atoms with Crippen LogP contribution < -0.4 is 0 Å². The normalized spacial score (nSPS) is 10.9. The fourth-order valence-corrected chi connectivity index (χ4v) is 3.83. The summed E-state index contributed by atoms with van der Waals surface area (Å²) in [6.45, 7) is 4.81. The molecule has 0 spiro atoms. The molecule has 1 aromatic rings. The zero-order chi connectivity index (χ0) is 14.3. The topological polar surface area (TPSA) is 61.6 Å². The van der Waals surface area contributed by atoms with Crippen LogP contribution in [0.2, 0.25) is 0 Å². The zero-order valence-corrected chi connectivity index (χ0v) is 12.4. The summed E-state index contributed by atoms with van der Waals surface area (Å²) in [6, 6.07) is 3.62. The molecule has 0 aliphatic carbocycles. The second-order valence-corrected chi connectivity index (χ2v) is 6.26. The maximum absolute atomic E-state index is 13.6. The van der Waals surface area contributed by atoms with Crippen molar-refractivity contribution in [2.24, 2.45) is 0 Å². The van der Waals surface area contributed by atoms with Gasteiger partial charge in [-0.1, -0.05) is 0 Å². The number of thioether (sulfide) groups is 1. The molecule has 0 aliphatic rings. The van der Waals surface area contributed by atoms with Crippen molar-refractivity contribution in [3.8, 4) is 0 Å². The van der Waals surface area contributed by atoms with Crippen molar-refractivity contribution in [2.45, 2.75) is 18.7 Å². The second kappa shape index (κ2) is 8.43. The maximum atomic E-state index is 13.6. The van der Waals surface area contributed by atoms with E-state index in [-0.39, 0.29) is 5.69 Å². The lowest BCUT2D eigenvalue weighted by atomic mass is 10.3. The van der Waals surface area contributed by atoms with Crippen molar-refractivity contribution in [3.05, 3.63) is 34.1 Å². The molecule has 0 fully saturated rings. The van der Waals surface area contributed by atoms with E-state index < -0.39 is 19.1 Å². The molecule has 106 valence electrons. The van der Waals surface area contributed by atoms with Gasteiger partial charge in [0.2, 0.25) is 0 Å². The molecular weight excluding hydrogens is 292 g/mol. The molecule has 1 aromatic carbocycles. The molecule has 0 heterocycles. The third-order valence-corrected chi connectivity index (χ3v) is 5.09. The Kier molecular flexibility index (Phi) is 7.23. The van der Waals surface area contributed by atoms with Crippen LogP contribution in [-0.2, 0) is 9.05 Å². The van der Waals surface area contributed by atoms with Gasteiger partial charge in [0.25, 0.3) is 5.69 Å². The third-order valence-electron chi connectivity index (χ3n) is 2.00. The number of non-ortho nitro benzene ring substituents is 1. The summed E-state index contributed by atoms with van der Waals surface area (Å²) in [4.78, 5) is 10.2. The Balaban J connectivity index is 2.63. The van der Waals surface area contributed by atoms with E-state index in [2.05, 4.69) is 0 Å². The van der Waals surface area contributed by atoms with Crippen LogP contribution in [0.3, 0.4) is 0 Å². The van der Waals surface area contributed by atoms with Crippen molar-refractivity contribution in [2.75, 3.05) is 18.7 Å². The highest BCUT2D eigenvalue weighted by Gasteiger charge is 2.14. The standard InChI is InChI=1S/C11H15FNO4PS/c1-3-16-18(17-4-2)8-19-11-6-5-9(13(14)15)7-10(11)12/h5-7H,3-4,8H2,1-2H3. The predicted octanol–water partition coefficient (Wildman–Crippen LogP) is 4.17. The number of hydrogen-bond acceptors (Lipinski definition) is 5. The predicted molar refractivity (Wildman–Crippen MR) is 74.0 cm³/mol. The van der Waals surface area contributed by atoms with E-state index in [9.17, 15) is 14.5 Å². The summed E-state index contributed by atoms with van der Waals surface area (Å²) in [6.07, 6.45) is 0. The van der Waals surface area contributed by atoms with Crippen LogP contribution in [0.5, 0.6) is 0 Å². The third kappa shape index (κ3) is 5.40. The van der Waals surface area contributed by atoms with Gasteiger partial charge >= 0.3 is 0 Å². The second-order valence-electron chi connectivity index (χ2n) is 3.31. The SMILES string of the molecule is CCOP(CSc1ccc([N+](=O)[O-])cc1F)OCC. The maximum Gasteiger partial charge on any atom is 0.272 e. The van der Waals surface area contributed by atoms with Gasteiger partial charge in [0.1, 0.15) is 5.82 Å². The summed E-state index contributed by atoms with van der Waals surface area (Å²) in [5, 5.41) is 10.5. The highest BCUT2D eigenvalue weighted by Crippen LogP contribution is 2.44. The van der Waals surface area contributed by atoms with Gasteiger partial charge in [0.15, 0.2) is 8.38 Å². The molecule has 8 heteroatoms. The molecule has 1 rings (SSSR count). The lowest BCUT2D eigenvalue weighted by molar-refractivity contribution is -0.385. The van der Waals surface area contributed by atoms with E-state index in [0.29, 0.717) is 23.6 Å². The number of nitro groups is 1. The molecule has 0 radical (unpaired) electrons. The van der Waals surface area contributed by atoms with Crippen molar-refractivity contribution in [1.82, 2.24) is 0 Å². The highest BCUT2D eigenvalue weighted by molar-refractivity contribution is 8.04. The number of halogens is 1. The molecule has 0 aliphatic heterocycles. The molecule has 19 heavy (non-hydrogen) atoms. The van der Waals surface area contributed by atoms with Crippen molar-refractivity contribution >= 4 is 25.8 Å². The van der Waals surface area contributed by atoms with Gasteiger partial charge in [-0.15, -0.1) is 11.8 Å². The van der Waals surface area contributed by atoms with E-state index in [0.717, 1.165) is 6.07 Å². The van der Waals surface area contributed by atoms with Gasteiger partial charge in [0, 0.05) is 11.0 Å². The molecule has 0 saturated carbocycles. The lowest BCUT2D eigenvalue weighted by Gasteiger charge is -2.15. The number of nitrogens with zero attached hydrogens (tertiary/aromatic N) is 1. The summed E-state index contributed by atoms with van der Waals surface area (Å²) < 4.78 is 24.4. The van der Waals surface area contributed by atoms with Crippen molar-refractivity contribution in [3.63, 3.8) is 0 Å². The smallest absolute Gasteiger partial charge is 0.272 e. The Hall–Kier alpha value is -0.750. The number of benzene rings is 1. The summed E-state index contributed by atoms with van der Waals surface area (Å²) in [5.41, 5.74) is 0.241. The van der Waals surface area contributed by atoms with Gasteiger partial charge in [0.05, 0.1) is 29.7 Å². The molecule has 0 unspecified atom stereocenters. The first-order valence-corrected chi connectivity index (χ1v) is 8.03. The Bertz CT molecular complexity index is 429. The van der Waals surface area contributed by atoms with Crippen LogP contribution in [-0.4, -0.2) is 23.6 Å². The minimum atomic E-state index is -1.05. The molecule has 0 aromatic heterocycles. The first-order chi connectivity index (χ1) is 9.08. The first-order valence-electron chi connectivity index (χ1n) is 5.68. The first kappa shape index (κ1) is 16.3. The van der Waals surface area contributed by atoms with Gasteiger partial charge in [-0.3, -0.25) is 10.1 Å². The van der Waals surface area contributed by atoms with Gasteiger partial charge in [-0.05, 0) is 19.9 Å². The Morgan fingerprint density at radius 2 is 2.00 bits per heavy atom. The molecule has 0 saturated heterocycles. The average molecular weight is 307 g/mol. The van der Waals surface area contributed by atoms with Crippen LogP contribution in [0.1, 0.15) is 13.8 Å². The van der Waals surface area contributed by atoms with Gasteiger partial charge in [-0.25, -0.2) is 4.39 Å². The molecule has 5 nitrogen and oxygen atoms in total. The van der Waals surface area contributed by atoms with E-state index >= 15 is 0 Å². The summed E-state index contributed by atoms with van der Waals surface area (Å²) in [5.74, 6) is -0.595. The number of rotatable bonds is 8. The molecule has 0 atom stereocenters. The molecular formula is C11H15FNO4PS. The summed E-state index contributed by atoms with van der Waals surface area (Å²) >= 11 is 1.24. The van der Waals surface area contributed by atoms with E-state index in [1.807, 2.05) is 13.8 Å². The van der Waals surface area contributed by atoms with Crippen LogP contribution in [0, 0.1) is 15.9 Å². The zero-order valence-electron chi connectivity index (χ0n) is 10.7. The highest BCUT2D eigenvalue weighted by atomic mass is 32.2. The van der Waals surface area contributed by atoms with Gasteiger partial charge in [-0.2, -0.15) is 0 Å². The fourth-order valence-electron chi connectivity index (χ4n) is 1.24. The van der Waals surface area contributed by atoms with Crippen LogP contribution in [0.15, 0.2) is 23.1 Å². The number of nitro benzene ring substituents is 1. The quantitative estimate of drug-likeness (QED) is 0.312. The van der Waals surface area contributed by atoms with Crippen molar-refractivity contribution in [1.29, 1.82) is 0 Å². The summed E-state index contributed by atoms with van der Waals surface area (Å²) in [7, 11) is -1.05. The largest absolute Gasteiger partial charge is 0.334 e. The van der Waals surface area contributed by atoms with Crippen LogP contribution in [0.25, 0.3) is 0 Å². The van der Waals surface area contributed by atoms with E-state index in [4.69, 9.17) is 9.05 Å². The molecule has 0 amide bonds. The molecule has 0 N–H and O–H groups in total. The fraction of sp³-hybridized carbons (Fsp3) is 0.455. The minimum Gasteiger partial charge on any atom is -0.334 e. The average Bonchev–Trinajstić information content (AvgIpc) is 2.37. The molecule has 0 bridgehead atoms. The Morgan fingerprint density at radius 1 is 1.37 bits per heavy atom.